The van der Waals surface area contributed by atoms with Crippen LogP contribution in [-0.2, 0) is 14.8 Å². The van der Waals surface area contributed by atoms with Crippen molar-refractivity contribution in [2.24, 2.45) is 5.41 Å². The average Bonchev–Trinajstić information content (AvgIpc) is 4.09. The van der Waals surface area contributed by atoms with Gasteiger partial charge in [-0.05, 0) is 91.8 Å². The first-order chi connectivity index (χ1) is 31.8. The van der Waals surface area contributed by atoms with Gasteiger partial charge < -0.3 is 29.7 Å². The number of aromatic nitrogens is 4. The minimum Gasteiger partial charge on any atom is -0.455 e. The number of piperidine rings is 1. The van der Waals surface area contributed by atoms with E-state index in [4.69, 9.17) is 9.47 Å². The van der Waals surface area contributed by atoms with Crippen LogP contribution in [0.5, 0.6) is 11.5 Å². The predicted molar refractivity (Wildman–Crippen MR) is 249 cm³/mol. The summed E-state index contributed by atoms with van der Waals surface area (Å²) in [6, 6.07) is 19.5. The molecule has 0 bridgehead atoms. The minimum absolute atomic E-state index is 0.0258. The summed E-state index contributed by atoms with van der Waals surface area (Å²) in [4.78, 5) is 44.7. The number of likely N-dealkylation sites (tertiary alicyclic amines) is 1. The standard InChI is InChI=1S/C48H54FN9O7S/c1-30(2)35-6-3-4-7-36(35)38-8-5-17-57(38)33-25-47(26-33)12-18-56(19-13-47)32-9-10-37(40(23-32)65-34-22-31-11-16-50-45(31)51-27-34)46(59)55-66(62,63)41-24-39(58(60)61)42(44-43(41)53-29-54-44)52-28-48(49)14-20-64-21-15-48/h3-4,6-7,9-11,16,22-24,27,29-30,33,38,52H,5,8,12-15,17-21,25-26,28H2,1-2H3,(H,50,51)(H,53,54)(H,55,59)/t38-/m0/s1. The van der Waals surface area contributed by atoms with Gasteiger partial charge in [0.25, 0.3) is 21.6 Å². The maximum absolute atomic E-state index is 15.5. The summed E-state index contributed by atoms with van der Waals surface area (Å²) in [6.07, 6.45) is 11.5. The summed E-state index contributed by atoms with van der Waals surface area (Å²) in [5.41, 5.74) is 1.96. The number of anilines is 2. The molecule has 6 aromatic rings. The number of imidazole rings is 1. The molecule has 4 N–H and O–H groups in total. The molecule has 1 spiro atoms. The fraction of sp³-hybridized carbons (Fsp3) is 0.438. The summed E-state index contributed by atoms with van der Waals surface area (Å²) in [7, 11) is -4.80. The third-order valence-corrected chi connectivity index (χ3v) is 15.8. The zero-order valence-electron chi connectivity index (χ0n) is 37.0. The molecular formula is C48H54FN9O7S. The number of fused-ring (bicyclic) bond motifs is 2. The number of nitrogens with one attached hydrogen (secondary N) is 4. The first-order valence-corrected chi connectivity index (χ1v) is 24.3. The first kappa shape index (κ1) is 43.8. The highest BCUT2D eigenvalue weighted by atomic mass is 32.2. The number of nitro groups is 1. The molecule has 3 aromatic carbocycles. The van der Waals surface area contributed by atoms with E-state index < -0.39 is 37.1 Å². The highest BCUT2D eigenvalue weighted by Gasteiger charge is 2.50. The topological polar surface area (TPSA) is 201 Å². The van der Waals surface area contributed by atoms with E-state index in [0.717, 1.165) is 49.6 Å². The second kappa shape index (κ2) is 17.3. The van der Waals surface area contributed by atoms with Gasteiger partial charge in [0.05, 0.1) is 28.5 Å². The smallest absolute Gasteiger partial charge is 0.296 e. The molecule has 3 saturated heterocycles. The molecule has 3 aliphatic heterocycles. The number of benzene rings is 3. The lowest BCUT2D eigenvalue weighted by molar-refractivity contribution is -0.384. The third-order valence-electron chi connectivity index (χ3n) is 14.4. The number of pyridine rings is 1. The molecule has 66 heavy (non-hydrogen) atoms. The number of ether oxygens (including phenoxy) is 2. The van der Waals surface area contributed by atoms with Crippen molar-refractivity contribution in [1.29, 1.82) is 0 Å². The number of nitrogens with zero attached hydrogens (tertiary/aromatic N) is 5. The Kier molecular flexibility index (Phi) is 11.5. The number of hydrogen-bond donors (Lipinski definition) is 4. The van der Waals surface area contributed by atoms with Crippen molar-refractivity contribution in [2.45, 2.75) is 93.8 Å². The molecule has 1 amide bonds. The van der Waals surface area contributed by atoms with Crippen LogP contribution in [0.4, 0.5) is 21.5 Å². The van der Waals surface area contributed by atoms with Crippen LogP contribution in [-0.4, -0.2) is 95.2 Å². The van der Waals surface area contributed by atoms with Crippen LogP contribution in [0, 0.1) is 15.5 Å². The molecule has 1 aliphatic carbocycles. The third kappa shape index (κ3) is 8.34. The van der Waals surface area contributed by atoms with Crippen molar-refractivity contribution in [3.8, 4) is 11.5 Å². The van der Waals surface area contributed by atoms with E-state index in [2.05, 4.69) is 77.9 Å². The molecule has 3 aromatic heterocycles. The minimum atomic E-state index is -4.80. The second-order valence-electron chi connectivity index (χ2n) is 18.8. The number of hydrogen-bond acceptors (Lipinski definition) is 12. The van der Waals surface area contributed by atoms with Crippen molar-refractivity contribution in [2.75, 3.05) is 49.6 Å². The Hall–Kier alpha value is -6.11. The fourth-order valence-electron chi connectivity index (χ4n) is 10.8. The van der Waals surface area contributed by atoms with E-state index in [1.807, 2.05) is 6.07 Å². The Morgan fingerprint density at radius 1 is 1.03 bits per heavy atom. The van der Waals surface area contributed by atoms with Gasteiger partial charge in [-0.1, -0.05) is 38.1 Å². The number of nitro benzene ring substituents is 1. The average molecular weight is 920 g/mol. The molecular weight excluding hydrogens is 866 g/mol. The zero-order chi connectivity index (χ0) is 45.8. The Bertz CT molecular complexity index is 2920. The summed E-state index contributed by atoms with van der Waals surface area (Å²) in [5, 5.41) is 16.0. The highest BCUT2D eigenvalue weighted by Crippen LogP contribution is 2.54. The SMILES string of the molecule is CC(C)c1ccccc1[C@@H]1CCCN1C1CC2(CCN(c3ccc(C(=O)NS(=O)(=O)c4cc([N+](=O)[O-])c(NCC5(F)CCOCC5)c5[nH]cnc45)c(Oc4cnc5[nH]ccc5c4)c3)CC2)C1. The Labute approximate surface area is 381 Å². The number of carbonyl (C=O) groups is 1. The van der Waals surface area contributed by atoms with Gasteiger partial charge >= 0.3 is 0 Å². The fourth-order valence-corrected chi connectivity index (χ4v) is 11.9. The molecule has 0 unspecified atom stereocenters. The number of aromatic amines is 2. The maximum atomic E-state index is 15.5. The van der Waals surface area contributed by atoms with Gasteiger partial charge in [0.2, 0.25) is 0 Å². The summed E-state index contributed by atoms with van der Waals surface area (Å²) >= 11 is 0. The number of carbonyl (C=O) groups excluding carboxylic acids is 1. The monoisotopic (exact) mass is 919 g/mol. The number of halogens is 1. The van der Waals surface area contributed by atoms with Gasteiger partial charge in [-0.25, -0.2) is 27.5 Å². The predicted octanol–water partition coefficient (Wildman–Crippen LogP) is 8.90. The van der Waals surface area contributed by atoms with Crippen LogP contribution < -0.4 is 19.7 Å². The highest BCUT2D eigenvalue weighted by molar-refractivity contribution is 7.90. The van der Waals surface area contributed by atoms with Crippen LogP contribution in [0.3, 0.4) is 0 Å². The van der Waals surface area contributed by atoms with Gasteiger partial charge in [-0.2, -0.15) is 0 Å². The van der Waals surface area contributed by atoms with Gasteiger partial charge in [-0.3, -0.25) is 19.8 Å². The number of amides is 1. The molecule has 1 saturated carbocycles. The van der Waals surface area contributed by atoms with Crippen molar-refractivity contribution >= 4 is 55.1 Å². The van der Waals surface area contributed by atoms with E-state index in [9.17, 15) is 23.3 Å². The van der Waals surface area contributed by atoms with Crippen molar-refractivity contribution in [3.63, 3.8) is 0 Å². The van der Waals surface area contributed by atoms with E-state index in [0.29, 0.717) is 29.4 Å². The summed E-state index contributed by atoms with van der Waals surface area (Å²) in [6.45, 7) is 7.46. The zero-order valence-corrected chi connectivity index (χ0v) is 37.8. The van der Waals surface area contributed by atoms with Crippen LogP contribution in [0.15, 0.2) is 84.3 Å². The summed E-state index contributed by atoms with van der Waals surface area (Å²) < 4.78 is 57.6. The van der Waals surface area contributed by atoms with Crippen molar-refractivity contribution in [1.82, 2.24) is 29.6 Å². The van der Waals surface area contributed by atoms with Gasteiger partial charge in [-0.15, -0.1) is 0 Å². The van der Waals surface area contributed by atoms with Crippen LogP contribution >= 0.6 is 0 Å². The molecule has 18 heteroatoms. The lowest BCUT2D eigenvalue weighted by Crippen LogP contribution is -2.54. The van der Waals surface area contributed by atoms with Gasteiger partial charge in [0.15, 0.2) is 0 Å². The maximum Gasteiger partial charge on any atom is 0.296 e. The molecule has 6 heterocycles. The van der Waals surface area contributed by atoms with Crippen LogP contribution in [0.25, 0.3) is 22.1 Å². The molecule has 10 rings (SSSR count). The molecule has 4 aliphatic rings. The number of rotatable bonds is 13. The molecule has 16 nitrogen and oxygen atoms in total. The second-order valence-corrected chi connectivity index (χ2v) is 20.5. The van der Waals surface area contributed by atoms with Crippen molar-refractivity contribution < 1.29 is 32.0 Å². The van der Waals surface area contributed by atoms with Crippen LogP contribution in [0.1, 0.15) is 98.7 Å². The normalized spacial score (nSPS) is 19.9. The van der Waals surface area contributed by atoms with Gasteiger partial charge in [0, 0.05) is 87.2 Å². The van der Waals surface area contributed by atoms with Crippen LogP contribution in [0.2, 0.25) is 0 Å². The van der Waals surface area contributed by atoms with E-state index >= 15 is 4.39 Å². The van der Waals surface area contributed by atoms with E-state index in [-0.39, 0.29) is 66.0 Å². The Morgan fingerprint density at radius 3 is 2.59 bits per heavy atom. The lowest BCUT2D eigenvalue weighted by atomic mass is 9.59. The molecule has 0 radical (unpaired) electrons. The molecule has 346 valence electrons. The van der Waals surface area contributed by atoms with Crippen molar-refractivity contribution in [3.05, 3.63) is 106 Å². The first-order valence-electron chi connectivity index (χ1n) is 22.9. The van der Waals surface area contributed by atoms with E-state index in [1.165, 1.54) is 55.4 Å². The van der Waals surface area contributed by atoms with E-state index in [1.54, 1.807) is 24.4 Å². The quantitative estimate of drug-likeness (QED) is 0.0634. The Morgan fingerprint density at radius 2 is 1.82 bits per heavy atom. The largest absolute Gasteiger partial charge is 0.455 e. The number of sulfonamides is 1. The lowest BCUT2D eigenvalue weighted by Gasteiger charge is -2.56. The molecule has 4 fully saturated rings. The summed E-state index contributed by atoms with van der Waals surface area (Å²) in [5.74, 6) is -0.103. The molecule has 1 atom stereocenters. The van der Waals surface area contributed by atoms with Gasteiger partial charge in [0.1, 0.15) is 38.9 Å². The Balaban J connectivity index is 0.880. The number of H-pyrrole nitrogens is 2. The number of alkyl halides is 1.